The minimum atomic E-state index is -0.0962. The molecule has 150 valence electrons. The number of carbonyl (C=O) groups is 1. The molecule has 6 nitrogen and oxygen atoms in total. The lowest BCUT2D eigenvalue weighted by atomic mass is 10.1. The molecular formula is C23H25N3O3. The van der Waals surface area contributed by atoms with Crippen molar-refractivity contribution in [3.05, 3.63) is 75.6 Å². The summed E-state index contributed by atoms with van der Waals surface area (Å²) in [7, 11) is 1.62. The first-order valence-electron chi connectivity index (χ1n) is 9.89. The number of pyridine rings is 1. The Hall–Kier alpha value is -3.12. The highest BCUT2D eigenvalue weighted by atomic mass is 16.5. The van der Waals surface area contributed by atoms with Crippen LogP contribution in [0.4, 0.5) is 0 Å². The molecule has 2 N–H and O–H groups in total. The van der Waals surface area contributed by atoms with Crippen molar-refractivity contribution in [3.8, 4) is 5.75 Å². The number of methoxy groups -OCH3 is 1. The zero-order valence-electron chi connectivity index (χ0n) is 16.5. The molecule has 0 atom stereocenters. The molecular weight excluding hydrogens is 366 g/mol. The standard InChI is InChI=1S/C23H25N3O3/c1-29-20-8-9-21-18(12-20)11-19(23(28)25-21)13-24-10-4-7-22(27)26-14-16-5-2-3-6-17(16)15-26/h2-3,5-6,8-9,11-12,24H,4,7,10,13-15H2,1H3,(H,25,28). The molecule has 6 heteroatoms. The maximum Gasteiger partial charge on any atom is 0.252 e. The third kappa shape index (κ3) is 4.32. The molecule has 1 amide bonds. The SMILES string of the molecule is COc1ccc2[nH]c(=O)c(CNCCCC(=O)N3Cc4ccccc4C3)cc2c1. The van der Waals surface area contributed by atoms with Crippen LogP contribution in [-0.4, -0.2) is 29.4 Å². The van der Waals surface area contributed by atoms with E-state index >= 15 is 0 Å². The van der Waals surface area contributed by atoms with E-state index in [9.17, 15) is 9.59 Å². The van der Waals surface area contributed by atoms with Gasteiger partial charge in [0.1, 0.15) is 5.75 Å². The second kappa shape index (κ2) is 8.49. The van der Waals surface area contributed by atoms with Gasteiger partial charge in [-0.05, 0) is 48.4 Å². The van der Waals surface area contributed by atoms with Gasteiger partial charge >= 0.3 is 0 Å². The molecule has 0 saturated heterocycles. The average molecular weight is 391 g/mol. The van der Waals surface area contributed by atoms with Crippen LogP contribution >= 0.6 is 0 Å². The van der Waals surface area contributed by atoms with Gasteiger partial charge in [0, 0.05) is 42.5 Å². The molecule has 0 fully saturated rings. The number of aromatic nitrogens is 1. The van der Waals surface area contributed by atoms with Crippen LogP contribution in [0, 0.1) is 0 Å². The van der Waals surface area contributed by atoms with Crippen LogP contribution in [0.25, 0.3) is 10.9 Å². The smallest absolute Gasteiger partial charge is 0.252 e. The van der Waals surface area contributed by atoms with Crippen molar-refractivity contribution in [2.45, 2.75) is 32.5 Å². The number of ether oxygens (including phenoxy) is 1. The van der Waals surface area contributed by atoms with Crippen LogP contribution in [0.15, 0.2) is 53.3 Å². The Labute approximate surface area is 169 Å². The maximum absolute atomic E-state index is 12.4. The van der Waals surface area contributed by atoms with E-state index in [4.69, 9.17) is 4.74 Å². The highest BCUT2D eigenvalue weighted by molar-refractivity contribution is 5.80. The molecule has 0 aliphatic carbocycles. The van der Waals surface area contributed by atoms with Crippen LogP contribution in [-0.2, 0) is 24.4 Å². The number of amides is 1. The Balaban J connectivity index is 1.26. The summed E-state index contributed by atoms with van der Waals surface area (Å²) < 4.78 is 5.25. The van der Waals surface area contributed by atoms with Gasteiger partial charge in [0.15, 0.2) is 0 Å². The first-order chi connectivity index (χ1) is 14.1. The lowest BCUT2D eigenvalue weighted by Gasteiger charge is -2.15. The number of fused-ring (bicyclic) bond motifs is 2. The monoisotopic (exact) mass is 391 g/mol. The number of aromatic amines is 1. The summed E-state index contributed by atoms with van der Waals surface area (Å²) in [4.78, 5) is 29.5. The molecule has 0 unspecified atom stereocenters. The highest BCUT2D eigenvalue weighted by Crippen LogP contribution is 2.23. The van der Waals surface area contributed by atoms with Crippen LogP contribution in [0.5, 0.6) is 5.75 Å². The quantitative estimate of drug-likeness (QED) is 0.608. The summed E-state index contributed by atoms with van der Waals surface area (Å²) in [6, 6.07) is 15.7. The van der Waals surface area contributed by atoms with E-state index in [-0.39, 0.29) is 11.5 Å². The first-order valence-corrected chi connectivity index (χ1v) is 9.89. The van der Waals surface area contributed by atoms with Crippen molar-refractivity contribution in [1.29, 1.82) is 0 Å². The van der Waals surface area contributed by atoms with Crippen molar-refractivity contribution in [1.82, 2.24) is 15.2 Å². The van der Waals surface area contributed by atoms with Gasteiger partial charge in [-0.1, -0.05) is 24.3 Å². The third-order valence-electron chi connectivity index (χ3n) is 5.38. The normalized spacial score (nSPS) is 12.9. The number of benzene rings is 2. The molecule has 4 rings (SSSR count). The summed E-state index contributed by atoms with van der Waals surface area (Å²) in [5, 5.41) is 4.21. The summed E-state index contributed by atoms with van der Waals surface area (Å²) in [5.41, 5.74) is 3.85. The number of carbonyl (C=O) groups excluding carboxylic acids is 1. The zero-order valence-corrected chi connectivity index (χ0v) is 16.5. The second-order valence-electron chi connectivity index (χ2n) is 7.38. The van der Waals surface area contributed by atoms with Crippen LogP contribution in [0.1, 0.15) is 29.5 Å². The fraction of sp³-hybridized carbons (Fsp3) is 0.304. The van der Waals surface area contributed by atoms with E-state index in [0.717, 1.165) is 23.1 Å². The van der Waals surface area contributed by atoms with Crippen LogP contribution < -0.4 is 15.6 Å². The summed E-state index contributed by atoms with van der Waals surface area (Å²) in [5.74, 6) is 0.935. The van der Waals surface area contributed by atoms with Crippen molar-refractivity contribution < 1.29 is 9.53 Å². The lowest BCUT2D eigenvalue weighted by molar-refractivity contribution is -0.131. The van der Waals surface area contributed by atoms with Crippen LogP contribution in [0.2, 0.25) is 0 Å². The van der Waals surface area contributed by atoms with E-state index in [1.54, 1.807) is 7.11 Å². The maximum atomic E-state index is 12.4. The first kappa shape index (κ1) is 19.2. The molecule has 3 aromatic rings. The molecule has 2 heterocycles. The van der Waals surface area contributed by atoms with E-state index in [0.29, 0.717) is 38.2 Å². The molecule has 0 saturated carbocycles. The predicted octanol–water partition coefficient (Wildman–Crippen LogP) is 2.95. The Bertz CT molecular complexity index is 1070. The highest BCUT2D eigenvalue weighted by Gasteiger charge is 2.22. The van der Waals surface area contributed by atoms with Gasteiger partial charge in [-0.2, -0.15) is 0 Å². The minimum absolute atomic E-state index is 0.0962. The summed E-state index contributed by atoms with van der Waals surface area (Å²) in [6.07, 6.45) is 1.25. The van der Waals surface area contributed by atoms with Gasteiger partial charge in [-0.15, -0.1) is 0 Å². The van der Waals surface area contributed by atoms with Gasteiger partial charge < -0.3 is 19.9 Å². The van der Waals surface area contributed by atoms with Gasteiger partial charge in [0.25, 0.3) is 5.56 Å². The van der Waals surface area contributed by atoms with Crippen molar-refractivity contribution >= 4 is 16.8 Å². The van der Waals surface area contributed by atoms with Crippen molar-refractivity contribution in [2.75, 3.05) is 13.7 Å². The van der Waals surface area contributed by atoms with Crippen molar-refractivity contribution in [2.24, 2.45) is 0 Å². The fourth-order valence-electron chi connectivity index (χ4n) is 3.74. The van der Waals surface area contributed by atoms with E-state index in [1.165, 1.54) is 11.1 Å². The predicted molar refractivity (Wildman–Crippen MR) is 113 cm³/mol. The number of nitrogens with one attached hydrogen (secondary N) is 2. The zero-order chi connectivity index (χ0) is 20.2. The molecule has 29 heavy (non-hydrogen) atoms. The topological polar surface area (TPSA) is 74.4 Å². The van der Waals surface area contributed by atoms with Gasteiger partial charge in [-0.3, -0.25) is 9.59 Å². The fourth-order valence-corrected chi connectivity index (χ4v) is 3.74. The number of H-pyrrole nitrogens is 1. The lowest BCUT2D eigenvalue weighted by Crippen LogP contribution is -2.27. The Kier molecular flexibility index (Phi) is 5.62. The molecule has 2 aromatic carbocycles. The van der Waals surface area contributed by atoms with Gasteiger partial charge in [0.05, 0.1) is 7.11 Å². The molecule has 0 bridgehead atoms. The van der Waals surface area contributed by atoms with E-state index in [1.807, 2.05) is 41.3 Å². The number of hydrogen-bond acceptors (Lipinski definition) is 4. The van der Waals surface area contributed by atoms with Crippen LogP contribution in [0.3, 0.4) is 0 Å². The summed E-state index contributed by atoms with van der Waals surface area (Å²) in [6.45, 7) is 2.56. The van der Waals surface area contributed by atoms with Gasteiger partial charge in [-0.25, -0.2) is 0 Å². The number of hydrogen-bond donors (Lipinski definition) is 2. The number of nitrogens with zero attached hydrogens (tertiary/aromatic N) is 1. The third-order valence-corrected chi connectivity index (χ3v) is 5.38. The largest absolute Gasteiger partial charge is 0.497 e. The Morgan fingerprint density at radius 1 is 1.14 bits per heavy atom. The second-order valence-corrected chi connectivity index (χ2v) is 7.38. The summed E-state index contributed by atoms with van der Waals surface area (Å²) >= 11 is 0. The molecule has 0 radical (unpaired) electrons. The molecule has 1 aromatic heterocycles. The minimum Gasteiger partial charge on any atom is -0.497 e. The van der Waals surface area contributed by atoms with E-state index < -0.39 is 0 Å². The molecule has 0 spiro atoms. The Morgan fingerprint density at radius 2 is 1.90 bits per heavy atom. The van der Waals surface area contributed by atoms with Gasteiger partial charge in [0.2, 0.25) is 5.91 Å². The number of rotatable bonds is 7. The average Bonchev–Trinajstić information content (AvgIpc) is 3.17. The molecule has 1 aliphatic rings. The van der Waals surface area contributed by atoms with Crippen molar-refractivity contribution in [3.63, 3.8) is 0 Å². The Morgan fingerprint density at radius 3 is 2.62 bits per heavy atom. The molecule has 1 aliphatic heterocycles. The van der Waals surface area contributed by atoms with E-state index in [2.05, 4.69) is 22.4 Å².